The zero-order chi connectivity index (χ0) is 25.0. The van der Waals surface area contributed by atoms with Crippen molar-refractivity contribution >= 4 is 33.4 Å². The highest BCUT2D eigenvalue weighted by molar-refractivity contribution is 7.99. The second-order valence-corrected chi connectivity index (χ2v) is 10.9. The van der Waals surface area contributed by atoms with Crippen molar-refractivity contribution in [3.05, 3.63) is 78.6 Å². The number of carbonyl (C=O) groups is 1. The molecule has 2 aromatic carbocycles. The van der Waals surface area contributed by atoms with Gasteiger partial charge in [-0.15, -0.1) is 10.2 Å². The molecule has 1 N–H and O–H groups in total. The first-order chi connectivity index (χ1) is 16.8. The van der Waals surface area contributed by atoms with Crippen LogP contribution in [0.25, 0.3) is 17.1 Å². The van der Waals surface area contributed by atoms with Crippen molar-refractivity contribution in [2.24, 2.45) is 0 Å². The van der Waals surface area contributed by atoms with E-state index in [0.717, 1.165) is 21.1 Å². The number of nitrogens with one attached hydrogen (secondary N) is 1. The summed E-state index contributed by atoms with van der Waals surface area (Å²) in [7, 11) is -0.684. The molecule has 9 nitrogen and oxygen atoms in total. The van der Waals surface area contributed by atoms with Gasteiger partial charge in [0.2, 0.25) is 15.9 Å². The summed E-state index contributed by atoms with van der Waals surface area (Å²) in [6.07, 6.45) is 3.41. The predicted molar refractivity (Wildman–Crippen MR) is 136 cm³/mol. The fourth-order valence-electron chi connectivity index (χ4n) is 3.35. The van der Waals surface area contributed by atoms with Crippen molar-refractivity contribution < 1.29 is 13.2 Å². The fourth-order valence-corrected chi connectivity index (χ4v) is 5.04. The van der Waals surface area contributed by atoms with Crippen LogP contribution in [-0.2, 0) is 14.8 Å². The van der Waals surface area contributed by atoms with E-state index in [-0.39, 0.29) is 16.6 Å². The lowest BCUT2D eigenvalue weighted by molar-refractivity contribution is -0.113. The van der Waals surface area contributed by atoms with Crippen molar-refractivity contribution in [1.82, 2.24) is 24.1 Å². The number of carbonyl (C=O) groups excluding carboxylic acids is 1. The molecule has 35 heavy (non-hydrogen) atoms. The van der Waals surface area contributed by atoms with Crippen LogP contribution in [0.1, 0.15) is 5.56 Å². The Balaban J connectivity index is 1.56. The number of thioether (sulfide) groups is 1. The van der Waals surface area contributed by atoms with E-state index >= 15 is 0 Å². The molecule has 4 aromatic rings. The predicted octanol–water partition coefficient (Wildman–Crippen LogP) is 3.62. The van der Waals surface area contributed by atoms with Gasteiger partial charge in [0.1, 0.15) is 0 Å². The van der Waals surface area contributed by atoms with Crippen molar-refractivity contribution in [2.75, 3.05) is 25.2 Å². The summed E-state index contributed by atoms with van der Waals surface area (Å²) in [6, 6.07) is 17.8. The van der Waals surface area contributed by atoms with Gasteiger partial charge in [0.05, 0.1) is 16.3 Å². The van der Waals surface area contributed by atoms with Gasteiger partial charge in [0.25, 0.3) is 0 Å². The van der Waals surface area contributed by atoms with Gasteiger partial charge < -0.3 is 5.32 Å². The number of hydrogen-bond donors (Lipinski definition) is 1. The van der Waals surface area contributed by atoms with E-state index in [1.807, 2.05) is 47.9 Å². The van der Waals surface area contributed by atoms with Crippen LogP contribution in [0.4, 0.5) is 5.69 Å². The fraction of sp³-hybridized carbons (Fsp3) is 0.167. The summed E-state index contributed by atoms with van der Waals surface area (Å²) in [6.45, 7) is 2.00. The van der Waals surface area contributed by atoms with E-state index in [1.54, 1.807) is 24.5 Å². The molecule has 2 aromatic heterocycles. The van der Waals surface area contributed by atoms with Crippen LogP contribution in [0.5, 0.6) is 0 Å². The number of amides is 1. The Hall–Kier alpha value is -3.54. The minimum Gasteiger partial charge on any atom is -0.325 e. The average Bonchev–Trinajstić information content (AvgIpc) is 3.27. The SMILES string of the molecule is Cc1ccccc1-n1c(SCC(=O)Nc2cccc(S(=O)(=O)N(C)C)c2)nnc1-c1cccnc1. The van der Waals surface area contributed by atoms with Crippen LogP contribution in [0.15, 0.2) is 83.1 Å². The number of hydrogen-bond acceptors (Lipinski definition) is 7. The summed E-state index contributed by atoms with van der Waals surface area (Å²) < 4.78 is 27.8. The molecule has 1 amide bonds. The molecule has 0 atom stereocenters. The lowest BCUT2D eigenvalue weighted by atomic mass is 10.2. The lowest BCUT2D eigenvalue weighted by Gasteiger charge is -2.13. The number of nitrogens with zero attached hydrogens (tertiary/aromatic N) is 5. The van der Waals surface area contributed by atoms with Gasteiger partial charge in [0, 0.05) is 37.7 Å². The molecule has 0 saturated carbocycles. The number of aromatic nitrogens is 4. The molecule has 0 saturated heterocycles. The number of rotatable bonds is 8. The van der Waals surface area contributed by atoms with Crippen LogP contribution in [0.2, 0.25) is 0 Å². The maximum absolute atomic E-state index is 12.7. The van der Waals surface area contributed by atoms with Gasteiger partial charge in [-0.2, -0.15) is 0 Å². The molecule has 0 aliphatic rings. The molecular formula is C24H24N6O3S2. The van der Waals surface area contributed by atoms with Crippen LogP contribution in [-0.4, -0.2) is 58.2 Å². The number of aryl methyl sites for hydroxylation is 1. The molecule has 2 heterocycles. The van der Waals surface area contributed by atoms with Gasteiger partial charge in [-0.3, -0.25) is 14.3 Å². The first-order valence-electron chi connectivity index (χ1n) is 10.6. The minimum absolute atomic E-state index is 0.0573. The highest BCUT2D eigenvalue weighted by Gasteiger charge is 2.20. The van der Waals surface area contributed by atoms with E-state index in [9.17, 15) is 13.2 Å². The molecule has 0 unspecified atom stereocenters. The number of anilines is 1. The summed E-state index contributed by atoms with van der Waals surface area (Å²) in [5.74, 6) is 0.385. The van der Waals surface area contributed by atoms with Gasteiger partial charge in [-0.1, -0.05) is 36.0 Å². The Morgan fingerprint density at radius 1 is 1.06 bits per heavy atom. The number of benzene rings is 2. The quantitative estimate of drug-likeness (QED) is 0.362. The third kappa shape index (κ3) is 5.42. The molecule has 4 rings (SSSR count). The smallest absolute Gasteiger partial charge is 0.242 e. The van der Waals surface area contributed by atoms with Crippen LogP contribution >= 0.6 is 11.8 Å². The molecule has 0 fully saturated rings. The second-order valence-electron chi connectivity index (χ2n) is 7.82. The molecule has 0 bridgehead atoms. The zero-order valence-electron chi connectivity index (χ0n) is 19.4. The van der Waals surface area contributed by atoms with Crippen LogP contribution < -0.4 is 5.32 Å². The van der Waals surface area contributed by atoms with Gasteiger partial charge in [-0.25, -0.2) is 12.7 Å². The van der Waals surface area contributed by atoms with Crippen molar-refractivity contribution in [3.8, 4) is 17.1 Å². The van der Waals surface area contributed by atoms with Crippen molar-refractivity contribution in [2.45, 2.75) is 17.0 Å². The standard InChI is InChI=1S/C24H24N6O3S2/c1-17-8-4-5-12-21(17)30-23(18-9-7-13-25-15-18)27-28-24(30)34-16-22(31)26-19-10-6-11-20(14-19)35(32,33)29(2)3/h4-15H,16H2,1-3H3,(H,26,31). The number of pyridine rings is 1. The summed E-state index contributed by atoms with van der Waals surface area (Å²) >= 11 is 1.24. The third-order valence-electron chi connectivity index (χ3n) is 5.14. The van der Waals surface area contributed by atoms with Gasteiger partial charge in [-0.05, 0) is 48.9 Å². The minimum atomic E-state index is -3.60. The highest BCUT2D eigenvalue weighted by Crippen LogP contribution is 2.29. The summed E-state index contributed by atoms with van der Waals surface area (Å²) in [5, 5.41) is 12.0. The van der Waals surface area contributed by atoms with E-state index in [4.69, 9.17) is 0 Å². The molecule has 0 aliphatic heterocycles. The molecule has 0 aliphatic carbocycles. The molecule has 11 heteroatoms. The Kier molecular flexibility index (Phi) is 7.29. The third-order valence-corrected chi connectivity index (χ3v) is 7.88. The highest BCUT2D eigenvalue weighted by atomic mass is 32.2. The number of para-hydroxylation sites is 1. The van der Waals surface area contributed by atoms with Crippen LogP contribution in [0, 0.1) is 6.92 Å². The molecule has 0 radical (unpaired) electrons. The summed E-state index contributed by atoms with van der Waals surface area (Å²) in [4.78, 5) is 17.0. The lowest BCUT2D eigenvalue weighted by Crippen LogP contribution is -2.22. The van der Waals surface area contributed by atoms with E-state index in [2.05, 4.69) is 20.5 Å². The first-order valence-corrected chi connectivity index (χ1v) is 13.1. The maximum Gasteiger partial charge on any atom is 0.242 e. The van der Waals surface area contributed by atoms with Gasteiger partial charge >= 0.3 is 0 Å². The molecule has 0 spiro atoms. The summed E-state index contributed by atoms with van der Waals surface area (Å²) in [5.41, 5.74) is 3.14. The van der Waals surface area contributed by atoms with E-state index in [1.165, 1.54) is 38.0 Å². The Morgan fingerprint density at radius 3 is 2.57 bits per heavy atom. The Labute approximate surface area is 208 Å². The first kappa shape index (κ1) is 24.6. The normalized spacial score (nSPS) is 11.5. The average molecular weight is 509 g/mol. The number of sulfonamides is 1. The maximum atomic E-state index is 12.7. The molecular weight excluding hydrogens is 484 g/mol. The second kappa shape index (κ2) is 10.4. The zero-order valence-corrected chi connectivity index (χ0v) is 21.0. The Morgan fingerprint density at radius 2 is 1.86 bits per heavy atom. The van der Waals surface area contributed by atoms with E-state index < -0.39 is 10.0 Å². The van der Waals surface area contributed by atoms with Crippen LogP contribution in [0.3, 0.4) is 0 Å². The van der Waals surface area contributed by atoms with Crippen molar-refractivity contribution in [3.63, 3.8) is 0 Å². The Bertz CT molecular complexity index is 1450. The monoisotopic (exact) mass is 508 g/mol. The van der Waals surface area contributed by atoms with E-state index in [0.29, 0.717) is 16.7 Å². The largest absolute Gasteiger partial charge is 0.325 e. The topological polar surface area (TPSA) is 110 Å². The van der Waals surface area contributed by atoms with Crippen molar-refractivity contribution in [1.29, 1.82) is 0 Å². The van der Waals surface area contributed by atoms with Gasteiger partial charge in [0.15, 0.2) is 11.0 Å². The molecule has 180 valence electrons.